The maximum absolute atomic E-state index is 5.58. The second-order valence-corrected chi connectivity index (χ2v) is 4.60. The van der Waals surface area contributed by atoms with Gasteiger partial charge in [0.05, 0.1) is 26.4 Å². The molecule has 1 saturated heterocycles. The molecule has 1 aliphatic rings. The van der Waals surface area contributed by atoms with Gasteiger partial charge in [-0.05, 0) is 0 Å². The van der Waals surface area contributed by atoms with Crippen molar-refractivity contribution >= 4 is 34.8 Å². The summed E-state index contributed by atoms with van der Waals surface area (Å²) in [6.45, 7) is 1.75. The minimum Gasteiger partial charge on any atom is -0.377 e. The summed E-state index contributed by atoms with van der Waals surface area (Å²) in [6.07, 6.45) is -0.800. The van der Waals surface area contributed by atoms with Gasteiger partial charge in [-0.1, -0.05) is 34.8 Å². The lowest BCUT2D eigenvalue weighted by Gasteiger charge is -2.26. The third kappa shape index (κ3) is 3.64. The molecule has 0 spiro atoms. The highest BCUT2D eigenvalue weighted by Crippen LogP contribution is 2.33. The zero-order valence-electron chi connectivity index (χ0n) is 6.26. The van der Waals surface area contributed by atoms with Crippen molar-refractivity contribution in [2.45, 2.75) is 10.1 Å². The Balaban J connectivity index is 2.40. The average molecular weight is 235 g/mol. The summed E-state index contributed by atoms with van der Waals surface area (Å²) in [5.74, 6) is 0. The molecule has 12 heavy (non-hydrogen) atoms. The second-order valence-electron chi connectivity index (χ2n) is 2.23. The molecule has 6 heteroatoms. The quantitative estimate of drug-likeness (QED) is 0.599. The lowest BCUT2D eigenvalue weighted by Crippen LogP contribution is -2.35. The van der Waals surface area contributed by atoms with E-state index in [4.69, 9.17) is 49.0 Å². The van der Waals surface area contributed by atoms with E-state index in [1.807, 2.05) is 0 Å². The first-order valence-electron chi connectivity index (χ1n) is 3.48. The molecule has 1 heterocycles. The van der Waals surface area contributed by atoms with Gasteiger partial charge in [0, 0.05) is 0 Å². The van der Waals surface area contributed by atoms with E-state index in [-0.39, 0.29) is 0 Å². The molecule has 1 aliphatic heterocycles. The van der Waals surface area contributed by atoms with Gasteiger partial charge in [-0.3, -0.25) is 0 Å². The molecular formula is C6H9Cl3O3. The molecule has 72 valence electrons. The van der Waals surface area contributed by atoms with Gasteiger partial charge in [-0.2, -0.15) is 0 Å². The molecule has 0 atom stereocenters. The summed E-state index contributed by atoms with van der Waals surface area (Å²) in [4.78, 5) is 0. The fourth-order valence-corrected chi connectivity index (χ4v) is 1.15. The molecule has 0 aromatic heterocycles. The first-order chi connectivity index (χ1) is 5.61. The van der Waals surface area contributed by atoms with Crippen LogP contribution in [0.3, 0.4) is 0 Å². The van der Waals surface area contributed by atoms with E-state index in [0.29, 0.717) is 26.4 Å². The van der Waals surface area contributed by atoms with Gasteiger partial charge in [0.25, 0.3) is 0 Å². The number of ether oxygens (including phenoxy) is 3. The van der Waals surface area contributed by atoms with Gasteiger partial charge in [0.2, 0.25) is 10.1 Å². The predicted octanol–water partition coefficient (Wildman–Crippen LogP) is 1.75. The summed E-state index contributed by atoms with van der Waals surface area (Å²) in [7, 11) is 0. The molecule has 0 aromatic rings. The van der Waals surface area contributed by atoms with E-state index in [2.05, 4.69) is 0 Å². The SMILES string of the molecule is ClC(Cl)(Cl)C1OCCOCCO1. The van der Waals surface area contributed by atoms with Gasteiger partial charge >= 0.3 is 0 Å². The summed E-state index contributed by atoms with van der Waals surface area (Å²) < 4.78 is 13.7. The largest absolute Gasteiger partial charge is 0.377 e. The first kappa shape index (κ1) is 10.8. The fourth-order valence-electron chi connectivity index (χ4n) is 0.767. The first-order valence-corrected chi connectivity index (χ1v) is 4.62. The number of rotatable bonds is 0. The molecule has 0 bridgehead atoms. The van der Waals surface area contributed by atoms with Crippen LogP contribution >= 0.6 is 34.8 Å². The van der Waals surface area contributed by atoms with Crippen LogP contribution in [0.5, 0.6) is 0 Å². The Morgan fingerprint density at radius 1 is 0.917 bits per heavy atom. The van der Waals surface area contributed by atoms with E-state index in [1.54, 1.807) is 0 Å². The Morgan fingerprint density at radius 2 is 1.42 bits per heavy atom. The number of alkyl halides is 3. The topological polar surface area (TPSA) is 27.7 Å². The number of hydrogen-bond acceptors (Lipinski definition) is 3. The summed E-state index contributed by atoms with van der Waals surface area (Å²) in [6, 6.07) is 0. The van der Waals surface area contributed by atoms with E-state index in [1.165, 1.54) is 0 Å². The van der Waals surface area contributed by atoms with Crippen LogP contribution in [0.25, 0.3) is 0 Å². The van der Waals surface area contributed by atoms with Crippen molar-refractivity contribution in [3.63, 3.8) is 0 Å². The van der Waals surface area contributed by atoms with E-state index < -0.39 is 10.1 Å². The van der Waals surface area contributed by atoms with Crippen LogP contribution in [0, 0.1) is 0 Å². The standard InChI is InChI=1S/C6H9Cl3O3/c7-6(8,9)5-11-3-1-10-2-4-12-5/h5H,1-4H2. The van der Waals surface area contributed by atoms with Crippen molar-refractivity contribution < 1.29 is 14.2 Å². The maximum Gasteiger partial charge on any atom is 0.240 e. The molecule has 1 fully saturated rings. The summed E-state index contributed by atoms with van der Waals surface area (Å²) in [5, 5.41) is 0. The van der Waals surface area contributed by atoms with E-state index in [0.717, 1.165) is 0 Å². The predicted molar refractivity (Wildman–Crippen MR) is 46.8 cm³/mol. The molecule has 0 amide bonds. The molecule has 0 N–H and O–H groups in total. The maximum atomic E-state index is 5.58. The van der Waals surface area contributed by atoms with Crippen molar-refractivity contribution in [1.29, 1.82) is 0 Å². The van der Waals surface area contributed by atoms with E-state index in [9.17, 15) is 0 Å². The lowest BCUT2D eigenvalue weighted by molar-refractivity contribution is -0.175. The Hall–Kier alpha value is 0.750. The fraction of sp³-hybridized carbons (Fsp3) is 1.00. The minimum atomic E-state index is -1.53. The molecule has 0 aromatic carbocycles. The summed E-state index contributed by atoms with van der Waals surface area (Å²) in [5.41, 5.74) is 0. The Bertz CT molecular complexity index is 128. The molecular weight excluding hydrogens is 226 g/mol. The van der Waals surface area contributed by atoms with Gasteiger partial charge < -0.3 is 14.2 Å². The van der Waals surface area contributed by atoms with Crippen molar-refractivity contribution in [2.24, 2.45) is 0 Å². The number of hydrogen-bond donors (Lipinski definition) is 0. The van der Waals surface area contributed by atoms with Crippen LogP contribution < -0.4 is 0 Å². The Morgan fingerprint density at radius 3 is 1.83 bits per heavy atom. The minimum absolute atomic E-state index is 0.374. The zero-order chi connectivity index (χ0) is 9.03. The van der Waals surface area contributed by atoms with Crippen LogP contribution in [-0.4, -0.2) is 36.5 Å². The molecule has 1 rings (SSSR count). The Labute approximate surface area is 85.8 Å². The highest BCUT2D eigenvalue weighted by molar-refractivity contribution is 6.67. The van der Waals surface area contributed by atoms with Crippen molar-refractivity contribution in [1.82, 2.24) is 0 Å². The summed E-state index contributed by atoms with van der Waals surface area (Å²) >= 11 is 16.7. The monoisotopic (exact) mass is 234 g/mol. The average Bonchev–Trinajstić information content (AvgIpc) is 1.81. The third-order valence-corrected chi connectivity index (χ3v) is 1.80. The molecule has 0 saturated carbocycles. The highest BCUT2D eigenvalue weighted by atomic mass is 35.6. The van der Waals surface area contributed by atoms with Gasteiger partial charge in [0.15, 0.2) is 0 Å². The van der Waals surface area contributed by atoms with Crippen molar-refractivity contribution in [3.8, 4) is 0 Å². The van der Waals surface area contributed by atoms with Gasteiger partial charge in [-0.25, -0.2) is 0 Å². The normalized spacial score (nSPS) is 23.2. The van der Waals surface area contributed by atoms with Crippen LogP contribution in [0.1, 0.15) is 0 Å². The molecule has 0 aliphatic carbocycles. The molecule has 0 radical (unpaired) electrons. The van der Waals surface area contributed by atoms with Crippen LogP contribution in [0.2, 0.25) is 0 Å². The van der Waals surface area contributed by atoms with Crippen LogP contribution in [0.15, 0.2) is 0 Å². The van der Waals surface area contributed by atoms with Gasteiger partial charge in [-0.15, -0.1) is 0 Å². The van der Waals surface area contributed by atoms with Crippen LogP contribution in [0.4, 0.5) is 0 Å². The van der Waals surface area contributed by atoms with Crippen molar-refractivity contribution in [3.05, 3.63) is 0 Å². The highest BCUT2D eigenvalue weighted by Gasteiger charge is 2.34. The third-order valence-electron chi connectivity index (χ3n) is 1.26. The number of halogens is 3. The zero-order valence-corrected chi connectivity index (χ0v) is 8.53. The van der Waals surface area contributed by atoms with E-state index >= 15 is 0 Å². The molecule has 3 nitrogen and oxygen atoms in total. The smallest absolute Gasteiger partial charge is 0.240 e. The molecule has 0 unspecified atom stereocenters. The van der Waals surface area contributed by atoms with Crippen molar-refractivity contribution in [2.75, 3.05) is 26.4 Å². The lowest BCUT2D eigenvalue weighted by atomic mass is 10.6. The van der Waals surface area contributed by atoms with Crippen LogP contribution in [-0.2, 0) is 14.2 Å². The second kappa shape index (κ2) is 4.84. The van der Waals surface area contributed by atoms with Gasteiger partial charge in [0.1, 0.15) is 0 Å². The Kier molecular flexibility index (Phi) is 4.37.